The lowest BCUT2D eigenvalue weighted by atomic mass is 10.2. The average molecular weight is 345 g/mol. The van der Waals surface area contributed by atoms with Crippen molar-refractivity contribution in [3.8, 4) is 5.75 Å². The van der Waals surface area contributed by atoms with Crippen LogP contribution in [-0.2, 0) is 0 Å². The van der Waals surface area contributed by atoms with Gasteiger partial charge in [-0.25, -0.2) is 5.43 Å². The van der Waals surface area contributed by atoms with Gasteiger partial charge in [-0.2, -0.15) is 5.10 Å². The molecule has 2 rings (SSSR count). The first-order valence-electron chi connectivity index (χ1n) is 7.29. The van der Waals surface area contributed by atoms with Gasteiger partial charge in [-0.3, -0.25) is 4.79 Å². The number of nitrogens with zero attached hydrogens (tertiary/aromatic N) is 1. The molecule has 0 saturated carbocycles. The van der Waals surface area contributed by atoms with E-state index in [1.54, 1.807) is 37.3 Å². The first-order valence-corrected chi connectivity index (χ1v) is 8.11. The molecule has 1 heterocycles. The molecule has 6 nitrogen and oxygen atoms in total. The fourth-order valence-corrected chi connectivity index (χ4v) is 2.64. The summed E-state index contributed by atoms with van der Waals surface area (Å²) in [6.07, 6.45) is 0.0635. The summed E-state index contributed by atoms with van der Waals surface area (Å²) in [5, 5.41) is 14.8. The second kappa shape index (κ2) is 7.74. The number of carbonyl (C=O) groups is 2. The molecule has 126 valence electrons. The molecule has 1 amide bonds. The molecule has 24 heavy (non-hydrogen) atoms. The summed E-state index contributed by atoms with van der Waals surface area (Å²) < 4.78 is 5.52. The summed E-state index contributed by atoms with van der Waals surface area (Å²) >= 11 is 1.04. The monoisotopic (exact) mass is 345 g/mol. The van der Waals surface area contributed by atoms with E-state index in [4.69, 9.17) is 4.74 Å². The number of nitrogens with one attached hydrogen (secondary N) is 1. The number of aromatic carboxylic acids is 1. The highest BCUT2D eigenvalue weighted by Crippen LogP contribution is 2.17. The molecule has 1 aromatic heterocycles. The van der Waals surface area contributed by atoms with Crippen LogP contribution >= 0.6 is 11.3 Å². The zero-order valence-electron chi connectivity index (χ0n) is 13.5. The number of benzene rings is 1. The minimum atomic E-state index is -1.23. The number of carbonyl (C=O) groups excluding carboxylic acids is 2. The fraction of sp³-hybridized carbons (Fsp3) is 0.235. The lowest BCUT2D eigenvalue weighted by Gasteiger charge is -2.09. The molecule has 0 bridgehead atoms. The summed E-state index contributed by atoms with van der Waals surface area (Å²) in [5.41, 5.74) is 3.41. The molecule has 1 N–H and O–H groups in total. The average Bonchev–Trinajstić information content (AvgIpc) is 3.02. The smallest absolute Gasteiger partial charge is 0.271 e. The molecule has 1 aromatic carbocycles. The van der Waals surface area contributed by atoms with E-state index >= 15 is 0 Å². The molecule has 0 radical (unpaired) electrons. The molecule has 0 aliphatic heterocycles. The van der Waals surface area contributed by atoms with Crippen molar-refractivity contribution in [1.82, 2.24) is 5.43 Å². The standard InChI is InChI=1S/C17H18N2O4S/c1-10(2)23-13-6-4-12(5-7-13)16(20)19-18-11(3)14-8-9-15(24-14)17(21)22/h4-10H,1-3H3,(H,19,20)(H,21,22)/p-1/b18-11-. The largest absolute Gasteiger partial charge is 0.544 e. The third kappa shape index (κ3) is 4.66. The normalized spacial score (nSPS) is 11.4. The van der Waals surface area contributed by atoms with Gasteiger partial charge >= 0.3 is 0 Å². The molecular formula is C17H17N2O4S-. The highest BCUT2D eigenvalue weighted by atomic mass is 32.1. The Hall–Kier alpha value is -2.67. The highest BCUT2D eigenvalue weighted by molar-refractivity contribution is 7.15. The van der Waals surface area contributed by atoms with Crippen LogP contribution in [0.15, 0.2) is 41.5 Å². The second-order valence-electron chi connectivity index (χ2n) is 5.28. The molecule has 0 aliphatic carbocycles. The van der Waals surface area contributed by atoms with Crippen LogP contribution in [0, 0.1) is 0 Å². The van der Waals surface area contributed by atoms with E-state index in [1.165, 1.54) is 6.07 Å². The minimum absolute atomic E-state index is 0.0635. The molecule has 0 aliphatic rings. The zero-order valence-corrected chi connectivity index (χ0v) is 14.3. The van der Waals surface area contributed by atoms with Gasteiger partial charge in [-0.05, 0) is 57.2 Å². The van der Waals surface area contributed by atoms with Crippen LogP contribution in [0.1, 0.15) is 45.7 Å². The van der Waals surface area contributed by atoms with Crippen LogP contribution in [0.5, 0.6) is 5.75 Å². The van der Waals surface area contributed by atoms with Crippen molar-refractivity contribution in [3.05, 3.63) is 51.7 Å². The van der Waals surface area contributed by atoms with Gasteiger partial charge in [0.05, 0.1) is 27.5 Å². The number of hydrazone groups is 1. The van der Waals surface area contributed by atoms with Crippen molar-refractivity contribution in [3.63, 3.8) is 0 Å². The molecule has 7 heteroatoms. The van der Waals surface area contributed by atoms with Crippen molar-refractivity contribution in [1.29, 1.82) is 0 Å². The Labute approximate surface area is 143 Å². The Morgan fingerprint density at radius 1 is 1.12 bits per heavy atom. The fourth-order valence-electron chi connectivity index (χ4n) is 1.85. The number of amides is 1. The van der Waals surface area contributed by atoms with Crippen LogP contribution in [0.2, 0.25) is 0 Å². The van der Waals surface area contributed by atoms with Crippen molar-refractivity contribution in [2.75, 3.05) is 0 Å². The Morgan fingerprint density at radius 2 is 1.75 bits per heavy atom. The van der Waals surface area contributed by atoms with Crippen molar-refractivity contribution < 1.29 is 19.4 Å². The number of rotatable bonds is 6. The maximum absolute atomic E-state index is 12.1. The molecule has 0 fully saturated rings. The van der Waals surface area contributed by atoms with Gasteiger partial charge in [0.15, 0.2) is 0 Å². The SMILES string of the molecule is C/C(=N/NC(=O)c1ccc(OC(C)C)cc1)c1ccc(C(=O)[O-])s1. The van der Waals surface area contributed by atoms with E-state index in [0.717, 1.165) is 11.3 Å². The number of thiophene rings is 1. The van der Waals surface area contributed by atoms with Gasteiger partial charge < -0.3 is 14.6 Å². The molecule has 0 spiro atoms. The van der Waals surface area contributed by atoms with E-state index in [2.05, 4.69) is 10.5 Å². The lowest BCUT2D eigenvalue weighted by molar-refractivity contribution is -0.254. The quantitative estimate of drug-likeness (QED) is 0.641. The van der Waals surface area contributed by atoms with E-state index in [9.17, 15) is 14.7 Å². The summed E-state index contributed by atoms with van der Waals surface area (Å²) in [6, 6.07) is 9.81. The topological polar surface area (TPSA) is 90.8 Å². The van der Waals surface area contributed by atoms with Gasteiger partial charge in [0.25, 0.3) is 5.91 Å². The van der Waals surface area contributed by atoms with E-state index in [1.807, 2.05) is 13.8 Å². The lowest BCUT2D eigenvalue weighted by Crippen LogP contribution is -2.20. The Morgan fingerprint density at radius 3 is 2.29 bits per heavy atom. The number of carboxylic acid groups (broad SMARTS) is 1. The molecular weight excluding hydrogens is 328 g/mol. The van der Waals surface area contributed by atoms with Crippen molar-refractivity contribution in [2.24, 2.45) is 5.10 Å². The Kier molecular flexibility index (Phi) is 5.70. The van der Waals surface area contributed by atoms with Crippen LogP contribution in [0.3, 0.4) is 0 Å². The van der Waals surface area contributed by atoms with E-state index in [0.29, 0.717) is 21.9 Å². The van der Waals surface area contributed by atoms with Crippen molar-refractivity contribution >= 4 is 28.9 Å². The maximum atomic E-state index is 12.1. The van der Waals surface area contributed by atoms with Gasteiger partial charge in [0.2, 0.25) is 0 Å². The van der Waals surface area contributed by atoms with Crippen LogP contribution in [0.4, 0.5) is 0 Å². The molecule has 2 aromatic rings. The van der Waals surface area contributed by atoms with Gasteiger partial charge in [0.1, 0.15) is 5.75 Å². The second-order valence-corrected chi connectivity index (χ2v) is 6.36. The van der Waals surface area contributed by atoms with Crippen LogP contribution < -0.4 is 15.3 Å². The first-order chi connectivity index (χ1) is 11.4. The summed E-state index contributed by atoms with van der Waals surface area (Å²) in [4.78, 5) is 23.6. The minimum Gasteiger partial charge on any atom is -0.544 e. The third-order valence-electron chi connectivity index (χ3n) is 2.98. The van der Waals surface area contributed by atoms with E-state index < -0.39 is 5.97 Å². The Bertz CT molecular complexity index is 763. The number of carboxylic acids is 1. The number of hydrogen-bond acceptors (Lipinski definition) is 6. The van der Waals surface area contributed by atoms with Gasteiger partial charge in [-0.1, -0.05) is 0 Å². The number of hydrogen-bond donors (Lipinski definition) is 1. The van der Waals surface area contributed by atoms with Crippen LogP contribution in [0.25, 0.3) is 0 Å². The van der Waals surface area contributed by atoms with Crippen molar-refractivity contribution in [2.45, 2.75) is 26.9 Å². The molecule has 0 saturated heterocycles. The maximum Gasteiger partial charge on any atom is 0.271 e. The predicted octanol–water partition coefficient (Wildman–Crippen LogP) is 2.05. The molecule has 0 unspecified atom stereocenters. The number of ether oxygens (including phenoxy) is 1. The summed E-state index contributed by atoms with van der Waals surface area (Å²) in [7, 11) is 0. The van der Waals surface area contributed by atoms with Crippen LogP contribution in [-0.4, -0.2) is 23.7 Å². The predicted molar refractivity (Wildman–Crippen MR) is 90.5 cm³/mol. The summed E-state index contributed by atoms with van der Waals surface area (Å²) in [6.45, 7) is 5.54. The van der Waals surface area contributed by atoms with E-state index in [-0.39, 0.29) is 16.9 Å². The Balaban J connectivity index is 2.01. The molecule has 0 atom stereocenters. The first kappa shape index (κ1) is 17.7. The summed E-state index contributed by atoms with van der Waals surface area (Å²) in [5.74, 6) is -0.899. The zero-order chi connectivity index (χ0) is 17.7. The van der Waals surface area contributed by atoms with Gasteiger partial charge in [-0.15, -0.1) is 11.3 Å². The highest BCUT2D eigenvalue weighted by Gasteiger charge is 2.07. The third-order valence-corrected chi connectivity index (χ3v) is 4.15. The van der Waals surface area contributed by atoms with Gasteiger partial charge in [0, 0.05) is 5.56 Å².